The van der Waals surface area contributed by atoms with Crippen LogP contribution in [0.3, 0.4) is 0 Å². The second kappa shape index (κ2) is 6.42. The molecule has 2 unspecified atom stereocenters. The van der Waals surface area contributed by atoms with Crippen LogP contribution < -0.4 is 5.32 Å². The van der Waals surface area contributed by atoms with Crippen LogP contribution in [0.2, 0.25) is 0 Å². The Morgan fingerprint density at radius 3 is 2.69 bits per heavy atom. The summed E-state index contributed by atoms with van der Waals surface area (Å²) in [7, 11) is 0. The van der Waals surface area contributed by atoms with Crippen molar-refractivity contribution in [2.24, 2.45) is 11.8 Å². The molecule has 78 valence electrons. The zero-order valence-electron chi connectivity index (χ0n) is 9.31. The van der Waals surface area contributed by atoms with Gasteiger partial charge in [0.15, 0.2) is 0 Å². The first-order chi connectivity index (χ1) is 6.33. The molecule has 0 aromatic rings. The first-order valence-corrected chi connectivity index (χ1v) is 6.03. The van der Waals surface area contributed by atoms with Crippen LogP contribution in [0, 0.1) is 11.8 Å². The second-order valence-corrected chi connectivity index (χ2v) is 4.64. The number of rotatable bonds is 1. The van der Waals surface area contributed by atoms with Crippen molar-refractivity contribution in [3.8, 4) is 0 Å². The average Bonchev–Trinajstić information content (AvgIpc) is 2.16. The Morgan fingerprint density at radius 2 is 1.92 bits per heavy atom. The maximum Gasteiger partial charge on any atom is -0.00463 e. The van der Waals surface area contributed by atoms with Crippen molar-refractivity contribution in [2.45, 2.75) is 52.4 Å². The van der Waals surface area contributed by atoms with Crippen LogP contribution in [0.4, 0.5) is 0 Å². The average molecular weight is 183 g/mol. The zero-order valence-corrected chi connectivity index (χ0v) is 9.31. The number of hydrogen-bond donors (Lipinski definition) is 1. The van der Waals surface area contributed by atoms with Gasteiger partial charge < -0.3 is 5.32 Å². The lowest BCUT2D eigenvalue weighted by atomic mass is 9.90. The van der Waals surface area contributed by atoms with E-state index >= 15 is 0 Å². The largest absolute Gasteiger partial charge is 0.317 e. The predicted molar refractivity (Wildman–Crippen MR) is 58.9 cm³/mol. The Labute approximate surface area is 83.3 Å². The van der Waals surface area contributed by atoms with Gasteiger partial charge in [-0.2, -0.15) is 0 Å². The van der Waals surface area contributed by atoms with Crippen molar-refractivity contribution < 1.29 is 0 Å². The molecule has 0 bridgehead atoms. The third kappa shape index (κ3) is 4.66. The van der Waals surface area contributed by atoms with Crippen molar-refractivity contribution in [3.63, 3.8) is 0 Å². The third-order valence-electron chi connectivity index (χ3n) is 3.42. The SMILES string of the molecule is CCC1CCNCCCC(C)CC1. The normalized spacial score (nSPS) is 32.8. The molecule has 1 aliphatic rings. The van der Waals surface area contributed by atoms with Crippen molar-refractivity contribution in [1.29, 1.82) is 0 Å². The summed E-state index contributed by atoms with van der Waals surface area (Å²) in [6.45, 7) is 7.23. The maximum atomic E-state index is 3.54. The Morgan fingerprint density at radius 1 is 1.08 bits per heavy atom. The smallest absolute Gasteiger partial charge is 0.00463 e. The summed E-state index contributed by atoms with van der Waals surface area (Å²) < 4.78 is 0. The number of hydrogen-bond acceptors (Lipinski definition) is 1. The molecular formula is C12H25N. The summed E-state index contributed by atoms with van der Waals surface area (Å²) >= 11 is 0. The minimum atomic E-state index is 0.953. The Balaban J connectivity index is 2.27. The monoisotopic (exact) mass is 183 g/mol. The lowest BCUT2D eigenvalue weighted by Crippen LogP contribution is -2.21. The summed E-state index contributed by atoms with van der Waals surface area (Å²) in [6.07, 6.45) is 8.47. The molecule has 1 saturated heterocycles. The standard InChI is InChI=1S/C12H25N/c1-3-12-7-6-11(2)5-4-9-13-10-8-12/h11-13H,3-10H2,1-2H3. The molecule has 1 rings (SSSR count). The fraction of sp³-hybridized carbons (Fsp3) is 1.00. The molecule has 0 aromatic heterocycles. The summed E-state index contributed by atoms with van der Waals surface area (Å²) in [4.78, 5) is 0. The summed E-state index contributed by atoms with van der Waals surface area (Å²) in [5.41, 5.74) is 0. The topological polar surface area (TPSA) is 12.0 Å². The van der Waals surface area contributed by atoms with Gasteiger partial charge in [0.1, 0.15) is 0 Å². The van der Waals surface area contributed by atoms with Crippen LogP contribution in [0.5, 0.6) is 0 Å². The molecular weight excluding hydrogens is 158 g/mol. The van der Waals surface area contributed by atoms with Gasteiger partial charge >= 0.3 is 0 Å². The predicted octanol–water partition coefficient (Wildman–Crippen LogP) is 3.20. The maximum absolute atomic E-state index is 3.54. The molecule has 1 heteroatoms. The summed E-state index contributed by atoms with van der Waals surface area (Å²) in [5, 5.41) is 3.54. The molecule has 0 radical (unpaired) electrons. The van der Waals surface area contributed by atoms with Crippen molar-refractivity contribution in [1.82, 2.24) is 5.32 Å². The van der Waals surface area contributed by atoms with Gasteiger partial charge in [-0.3, -0.25) is 0 Å². The molecule has 0 amide bonds. The third-order valence-corrected chi connectivity index (χ3v) is 3.42. The molecule has 13 heavy (non-hydrogen) atoms. The van der Waals surface area contributed by atoms with Gasteiger partial charge in [0, 0.05) is 0 Å². The van der Waals surface area contributed by atoms with Gasteiger partial charge in [-0.1, -0.05) is 33.1 Å². The van der Waals surface area contributed by atoms with Crippen molar-refractivity contribution >= 4 is 0 Å². The zero-order chi connectivity index (χ0) is 9.52. The van der Waals surface area contributed by atoms with E-state index in [-0.39, 0.29) is 0 Å². The van der Waals surface area contributed by atoms with Crippen LogP contribution in [0.25, 0.3) is 0 Å². The van der Waals surface area contributed by atoms with E-state index in [9.17, 15) is 0 Å². The molecule has 1 aliphatic heterocycles. The molecule has 0 saturated carbocycles. The number of nitrogens with one attached hydrogen (secondary N) is 1. The van der Waals surface area contributed by atoms with E-state index in [1.807, 2.05) is 0 Å². The minimum Gasteiger partial charge on any atom is -0.317 e. The first kappa shape index (κ1) is 11.0. The quantitative estimate of drug-likeness (QED) is 0.658. The van der Waals surface area contributed by atoms with Crippen molar-refractivity contribution in [3.05, 3.63) is 0 Å². The molecule has 0 aliphatic carbocycles. The van der Waals surface area contributed by atoms with Crippen molar-refractivity contribution in [2.75, 3.05) is 13.1 Å². The molecule has 1 N–H and O–H groups in total. The molecule has 0 spiro atoms. The highest BCUT2D eigenvalue weighted by Crippen LogP contribution is 2.21. The van der Waals surface area contributed by atoms with Gasteiger partial charge in [-0.25, -0.2) is 0 Å². The van der Waals surface area contributed by atoms with E-state index in [0.29, 0.717) is 0 Å². The van der Waals surface area contributed by atoms with Gasteiger partial charge in [0.2, 0.25) is 0 Å². The Kier molecular flexibility index (Phi) is 5.45. The van der Waals surface area contributed by atoms with Crippen LogP contribution in [-0.4, -0.2) is 13.1 Å². The highest BCUT2D eigenvalue weighted by Gasteiger charge is 2.10. The van der Waals surface area contributed by atoms with E-state index in [2.05, 4.69) is 19.2 Å². The van der Waals surface area contributed by atoms with E-state index in [1.165, 1.54) is 51.6 Å². The van der Waals surface area contributed by atoms with E-state index in [0.717, 1.165) is 11.8 Å². The fourth-order valence-corrected chi connectivity index (χ4v) is 2.22. The molecule has 2 atom stereocenters. The minimum absolute atomic E-state index is 0.953. The first-order valence-electron chi connectivity index (χ1n) is 6.03. The van der Waals surface area contributed by atoms with Crippen LogP contribution >= 0.6 is 0 Å². The highest BCUT2D eigenvalue weighted by atomic mass is 14.8. The molecule has 1 nitrogen and oxygen atoms in total. The fourth-order valence-electron chi connectivity index (χ4n) is 2.22. The molecule has 1 fully saturated rings. The van der Waals surface area contributed by atoms with Gasteiger partial charge in [-0.05, 0) is 44.2 Å². The summed E-state index contributed by atoms with van der Waals surface area (Å²) in [5.74, 6) is 1.93. The lowest BCUT2D eigenvalue weighted by molar-refractivity contribution is 0.343. The van der Waals surface area contributed by atoms with E-state index in [4.69, 9.17) is 0 Å². The van der Waals surface area contributed by atoms with Crippen LogP contribution in [0.1, 0.15) is 52.4 Å². The molecule has 0 aromatic carbocycles. The molecule has 1 heterocycles. The van der Waals surface area contributed by atoms with Gasteiger partial charge in [0.25, 0.3) is 0 Å². The van der Waals surface area contributed by atoms with E-state index < -0.39 is 0 Å². The Hall–Kier alpha value is -0.0400. The van der Waals surface area contributed by atoms with Crippen LogP contribution in [0.15, 0.2) is 0 Å². The van der Waals surface area contributed by atoms with Gasteiger partial charge in [-0.15, -0.1) is 0 Å². The highest BCUT2D eigenvalue weighted by molar-refractivity contribution is 4.65. The van der Waals surface area contributed by atoms with Crippen LogP contribution in [-0.2, 0) is 0 Å². The van der Waals surface area contributed by atoms with E-state index in [1.54, 1.807) is 0 Å². The second-order valence-electron chi connectivity index (χ2n) is 4.64. The Bertz CT molecular complexity index is 122. The van der Waals surface area contributed by atoms with Gasteiger partial charge in [0.05, 0.1) is 0 Å². The summed E-state index contributed by atoms with van der Waals surface area (Å²) in [6, 6.07) is 0. The lowest BCUT2D eigenvalue weighted by Gasteiger charge is -2.20.